The summed E-state index contributed by atoms with van der Waals surface area (Å²) in [6, 6.07) is 7.44. The van der Waals surface area contributed by atoms with Crippen molar-refractivity contribution in [2.24, 2.45) is 5.92 Å². The lowest BCUT2D eigenvalue weighted by atomic mass is 9.88. The molecule has 2 heterocycles. The van der Waals surface area contributed by atoms with Crippen molar-refractivity contribution in [3.05, 3.63) is 51.4 Å². The molecule has 2 N–H and O–H groups in total. The van der Waals surface area contributed by atoms with E-state index in [1.165, 1.54) is 18.4 Å². The number of nitrogens with one attached hydrogen (secondary N) is 2. The third-order valence-electron chi connectivity index (χ3n) is 6.26. The fourth-order valence-electron chi connectivity index (χ4n) is 4.40. The molecule has 8 heteroatoms. The topological polar surface area (TPSA) is 95.6 Å². The second-order valence-electron chi connectivity index (χ2n) is 8.39. The molecule has 3 aromatic rings. The number of benzene rings is 1. The van der Waals surface area contributed by atoms with Crippen molar-refractivity contribution in [2.75, 3.05) is 30.4 Å². The second kappa shape index (κ2) is 9.39. The van der Waals surface area contributed by atoms with E-state index in [1.807, 2.05) is 18.2 Å². The molecule has 1 atom stereocenters. The van der Waals surface area contributed by atoms with Gasteiger partial charge in [-0.05, 0) is 62.8 Å². The van der Waals surface area contributed by atoms with E-state index in [9.17, 15) is 9.59 Å². The number of anilines is 2. The molecule has 0 spiro atoms. The Morgan fingerprint density at radius 3 is 2.73 bits per heavy atom. The fraction of sp³-hybridized carbons (Fsp3) is 0.400. The molecule has 33 heavy (non-hydrogen) atoms. The number of amides is 1. The molecule has 0 saturated carbocycles. The van der Waals surface area contributed by atoms with Crippen molar-refractivity contribution < 1.29 is 18.7 Å². The number of methoxy groups -OCH3 is 1. The first kappa shape index (κ1) is 23.0. The Morgan fingerprint density at radius 2 is 2.03 bits per heavy atom. The first-order valence-electron chi connectivity index (χ1n) is 11.3. The number of hydrogen-bond donors (Lipinski definition) is 2. The first-order chi connectivity index (χ1) is 15.9. The highest BCUT2D eigenvalue weighted by molar-refractivity contribution is 7.17. The van der Waals surface area contributed by atoms with Gasteiger partial charge in [-0.15, -0.1) is 11.3 Å². The fourth-order valence-corrected chi connectivity index (χ4v) is 5.79. The van der Waals surface area contributed by atoms with Crippen LogP contribution in [0, 0.1) is 11.3 Å². The van der Waals surface area contributed by atoms with Gasteiger partial charge in [0.15, 0.2) is 0 Å². The molecule has 1 aliphatic carbocycles. The second-order valence-corrected chi connectivity index (χ2v) is 9.49. The smallest absolute Gasteiger partial charge is 0.341 e. The van der Waals surface area contributed by atoms with Gasteiger partial charge in [0, 0.05) is 35.1 Å². The Morgan fingerprint density at radius 1 is 1.27 bits per heavy atom. The molecule has 1 amide bonds. The molecule has 0 aliphatic heterocycles. The summed E-state index contributed by atoms with van der Waals surface area (Å²) in [5.74, 6) is -0.392. The zero-order chi connectivity index (χ0) is 23.7. The number of carbonyl (C=O) groups excluding carboxylic acids is 2. The Bertz CT molecular complexity index is 1270. The van der Waals surface area contributed by atoms with Gasteiger partial charge in [-0.2, -0.15) is 0 Å². The standard InChI is InChI=1S/C25H29N3O4S/c1-5-28(6-2)16-9-8-15-12-18(22(26)32-19(15)13-16)23(29)27-24-21(25(30)31-4)17-10-7-14(3)11-20(17)33-24/h8-9,12-14,26H,5-7,10-11H2,1-4H3,(H,27,29). The van der Waals surface area contributed by atoms with Crippen LogP contribution in [0.5, 0.6) is 0 Å². The summed E-state index contributed by atoms with van der Waals surface area (Å²) in [7, 11) is 1.35. The predicted octanol–water partition coefficient (Wildman–Crippen LogP) is 4.98. The molecule has 0 saturated heterocycles. The lowest BCUT2D eigenvalue weighted by Gasteiger charge is -2.21. The monoisotopic (exact) mass is 467 g/mol. The van der Waals surface area contributed by atoms with Crippen LogP contribution in [0.4, 0.5) is 10.7 Å². The van der Waals surface area contributed by atoms with Crippen molar-refractivity contribution in [2.45, 2.75) is 40.0 Å². The molecule has 4 rings (SSSR count). The van der Waals surface area contributed by atoms with Gasteiger partial charge in [0.1, 0.15) is 16.1 Å². The number of carbonyl (C=O) groups is 2. The third-order valence-corrected chi connectivity index (χ3v) is 7.42. The number of hydrogen-bond acceptors (Lipinski definition) is 7. The van der Waals surface area contributed by atoms with Crippen LogP contribution in [0.1, 0.15) is 58.3 Å². The Balaban J connectivity index is 1.68. The van der Waals surface area contributed by atoms with E-state index in [4.69, 9.17) is 14.6 Å². The maximum Gasteiger partial charge on any atom is 0.341 e. The summed E-state index contributed by atoms with van der Waals surface area (Å²) in [4.78, 5) is 29.0. The number of nitrogens with zero attached hydrogens (tertiary/aromatic N) is 1. The molecule has 1 aliphatic rings. The molecule has 0 bridgehead atoms. The molecule has 1 unspecified atom stereocenters. The van der Waals surface area contributed by atoms with Gasteiger partial charge >= 0.3 is 5.97 Å². The van der Waals surface area contributed by atoms with Crippen LogP contribution in [-0.2, 0) is 17.6 Å². The maximum atomic E-state index is 13.1. The Hall–Kier alpha value is -3.13. The minimum absolute atomic E-state index is 0.119. The lowest BCUT2D eigenvalue weighted by Crippen LogP contribution is -2.22. The molecule has 1 aromatic carbocycles. The molecule has 2 aromatic heterocycles. The quantitative estimate of drug-likeness (QED) is 0.498. The highest BCUT2D eigenvalue weighted by atomic mass is 32.1. The molecular formula is C25H29N3O4S. The van der Waals surface area contributed by atoms with Crippen LogP contribution in [0.2, 0.25) is 0 Å². The van der Waals surface area contributed by atoms with Crippen LogP contribution in [-0.4, -0.2) is 32.1 Å². The normalized spacial score (nSPS) is 15.2. The summed E-state index contributed by atoms with van der Waals surface area (Å²) in [5, 5.41) is 12.4. The Kier molecular flexibility index (Phi) is 6.56. The third kappa shape index (κ3) is 4.39. The molecule has 7 nitrogen and oxygen atoms in total. The molecule has 0 radical (unpaired) electrons. The lowest BCUT2D eigenvalue weighted by molar-refractivity contribution is 0.0601. The van der Waals surface area contributed by atoms with Crippen LogP contribution < -0.4 is 15.8 Å². The first-order valence-corrected chi connectivity index (χ1v) is 12.1. The van der Waals surface area contributed by atoms with Crippen LogP contribution >= 0.6 is 11.3 Å². The van der Waals surface area contributed by atoms with Crippen molar-refractivity contribution >= 4 is 44.9 Å². The van der Waals surface area contributed by atoms with E-state index < -0.39 is 11.9 Å². The summed E-state index contributed by atoms with van der Waals surface area (Å²) < 4.78 is 10.7. The van der Waals surface area contributed by atoms with Gasteiger partial charge in [-0.1, -0.05) is 6.92 Å². The van der Waals surface area contributed by atoms with Gasteiger partial charge < -0.3 is 19.4 Å². The van der Waals surface area contributed by atoms with Gasteiger partial charge in [-0.3, -0.25) is 10.2 Å². The van der Waals surface area contributed by atoms with E-state index in [-0.39, 0.29) is 11.1 Å². The van der Waals surface area contributed by atoms with E-state index in [0.717, 1.165) is 53.9 Å². The summed E-state index contributed by atoms with van der Waals surface area (Å²) in [6.07, 6.45) is 2.66. The predicted molar refractivity (Wildman–Crippen MR) is 130 cm³/mol. The van der Waals surface area contributed by atoms with Crippen LogP contribution in [0.15, 0.2) is 28.7 Å². The molecule has 174 valence electrons. The number of rotatable bonds is 6. The highest BCUT2D eigenvalue weighted by Crippen LogP contribution is 2.40. The molecule has 0 fully saturated rings. The van der Waals surface area contributed by atoms with E-state index in [2.05, 4.69) is 31.0 Å². The van der Waals surface area contributed by atoms with Crippen LogP contribution in [0.3, 0.4) is 0 Å². The number of ether oxygens (including phenoxy) is 1. The summed E-state index contributed by atoms with van der Waals surface area (Å²) >= 11 is 1.42. The van der Waals surface area contributed by atoms with E-state index in [1.54, 1.807) is 6.07 Å². The minimum Gasteiger partial charge on any atom is -0.465 e. The number of thiophene rings is 1. The van der Waals surface area contributed by atoms with Gasteiger partial charge in [-0.25, -0.2) is 4.79 Å². The van der Waals surface area contributed by atoms with Gasteiger partial charge in [0.05, 0.1) is 12.7 Å². The largest absolute Gasteiger partial charge is 0.465 e. The van der Waals surface area contributed by atoms with E-state index in [0.29, 0.717) is 22.1 Å². The van der Waals surface area contributed by atoms with E-state index >= 15 is 0 Å². The number of fused-ring (bicyclic) bond motifs is 2. The van der Waals surface area contributed by atoms with Crippen molar-refractivity contribution in [1.29, 1.82) is 5.41 Å². The van der Waals surface area contributed by atoms with Crippen molar-refractivity contribution in [1.82, 2.24) is 0 Å². The minimum atomic E-state index is -0.477. The zero-order valence-electron chi connectivity index (χ0n) is 19.4. The summed E-state index contributed by atoms with van der Waals surface area (Å²) in [6.45, 7) is 8.08. The Labute approximate surface area is 196 Å². The maximum absolute atomic E-state index is 13.1. The zero-order valence-corrected chi connectivity index (χ0v) is 20.2. The number of esters is 1. The summed E-state index contributed by atoms with van der Waals surface area (Å²) in [5.41, 5.74) is 2.87. The highest BCUT2D eigenvalue weighted by Gasteiger charge is 2.29. The average Bonchev–Trinajstić information content (AvgIpc) is 3.15. The van der Waals surface area contributed by atoms with Gasteiger partial charge in [0.2, 0.25) is 5.55 Å². The SMILES string of the molecule is CCN(CC)c1ccc2cc(C(=O)Nc3sc4c(c3C(=O)OC)CCC(C)C4)c(=N)oc2c1. The average molecular weight is 468 g/mol. The van der Waals surface area contributed by atoms with Crippen molar-refractivity contribution in [3.8, 4) is 0 Å². The van der Waals surface area contributed by atoms with Crippen LogP contribution in [0.25, 0.3) is 11.0 Å². The van der Waals surface area contributed by atoms with Gasteiger partial charge in [0.25, 0.3) is 5.91 Å². The van der Waals surface area contributed by atoms with Crippen molar-refractivity contribution in [3.63, 3.8) is 0 Å². The molecular weight excluding hydrogens is 438 g/mol.